The predicted molar refractivity (Wildman–Crippen MR) is 129 cm³/mol. The Morgan fingerprint density at radius 1 is 0.879 bits per heavy atom. The lowest BCUT2D eigenvalue weighted by molar-refractivity contribution is -0.141. The van der Waals surface area contributed by atoms with Gasteiger partial charge in [0.2, 0.25) is 11.8 Å². The molecular formula is C28H31FN2O2. The van der Waals surface area contributed by atoms with Crippen LogP contribution in [0, 0.1) is 5.82 Å². The molecule has 5 heteroatoms. The fourth-order valence-corrected chi connectivity index (χ4v) is 3.77. The van der Waals surface area contributed by atoms with Gasteiger partial charge in [0.25, 0.3) is 0 Å². The lowest BCUT2D eigenvalue weighted by Gasteiger charge is -2.31. The van der Waals surface area contributed by atoms with E-state index in [0.29, 0.717) is 24.9 Å². The van der Waals surface area contributed by atoms with Crippen LogP contribution in [0.1, 0.15) is 36.5 Å². The van der Waals surface area contributed by atoms with Crippen molar-refractivity contribution in [1.29, 1.82) is 0 Å². The average Bonchev–Trinajstić information content (AvgIpc) is 2.85. The van der Waals surface area contributed by atoms with Crippen LogP contribution in [0.15, 0.2) is 84.9 Å². The van der Waals surface area contributed by atoms with Crippen LogP contribution < -0.4 is 5.32 Å². The van der Waals surface area contributed by atoms with Gasteiger partial charge in [0.05, 0.1) is 0 Å². The van der Waals surface area contributed by atoms with E-state index in [4.69, 9.17) is 0 Å². The minimum absolute atomic E-state index is 0.0390. The first kappa shape index (κ1) is 24.2. The molecule has 0 bridgehead atoms. The van der Waals surface area contributed by atoms with E-state index < -0.39 is 6.04 Å². The number of benzene rings is 3. The summed E-state index contributed by atoms with van der Waals surface area (Å²) in [6.45, 7) is 2.54. The molecule has 1 N–H and O–H groups in total. The summed E-state index contributed by atoms with van der Waals surface area (Å²) in [5.74, 6) is -0.773. The third-order valence-electron chi connectivity index (χ3n) is 5.59. The second kappa shape index (κ2) is 12.5. The zero-order chi connectivity index (χ0) is 23.5. The Kier molecular flexibility index (Phi) is 9.19. The highest BCUT2D eigenvalue weighted by Gasteiger charge is 2.30. The van der Waals surface area contributed by atoms with E-state index >= 15 is 0 Å². The molecule has 0 aliphatic rings. The van der Waals surface area contributed by atoms with Gasteiger partial charge in [0.1, 0.15) is 11.9 Å². The summed E-state index contributed by atoms with van der Waals surface area (Å²) in [6, 6.07) is 25.1. The van der Waals surface area contributed by atoms with E-state index in [0.717, 1.165) is 17.5 Å². The molecule has 0 fully saturated rings. The van der Waals surface area contributed by atoms with E-state index in [1.165, 1.54) is 6.07 Å². The molecule has 3 aromatic carbocycles. The maximum atomic E-state index is 14.5. The Labute approximate surface area is 195 Å². The molecule has 0 saturated heterocycles. The third-order valence-corrected chi connectivity index (χ3v) is 5.59. The summed E-state index contributed by atoms with van der Waals surface area (Å²) in [7, 11) is 0. The molecule has 0 heterocycles. The van der Waals surface area contributed by atoms with Crippen LogP contribution >= 0.6 is 0 Å². The molecule has 0 spiro atoms. The van der Waals surface area contributed by atoms with E-state index in [1.54, 1.807) is 23.1 Å². The van der Waals surface area contributed by atoms with E-state index in [2.05, 4.69) is 5.32 Å². The monoisotopic (exact) mass is 446 g/mol. The van der Waals surface area contributed by atoms with Crippen LogP contribution in [-0.4, -0.2) is 29.3 Å². The van der Waals surface area contributed by atoms with Crippen molar-refractivity contribution in [1.82, 2.24) is 10.2 Å². The number of carbonyl (C=O) groups is 2. The lowest BCUT2D eigenvalue weighted by atomic mass is 10.0. The van der Waals surface area contributed by atoms with Crippen LogP contribution in [-0.2, 0) is 29.0 Å². The van der Waals surface area contributed by atoms with Crippen molar-refractivity contribution in [2.75, 3.05) is 6.54 Å². The van der Waals surface area contributed by atoms with E-state index in [9.17, 15) is 14.0 Å². The summed E-state index contributed by atoms with van der Waals surface area (Å²) in [5.41, 5.74) is 2.39. The number of amides is 2. The smallest absolute Gasteiger partial charge is 0.243 e. The molecule has 172 valence electrons. The molecule has 0 saturated carbocycles. The van der Waals surface area contributed by atoms with Gasteiger partial charge in [-0.05, 0) is 30.0 Å². The summed E-state index contributed by atoms with van der Waals surface area (Å²) >= 11 is 0. The van der Waals surface area contributed by atoms with Gasteiger partial charge in [-0.2, -0.15) is 0 Å². The number of rotatable bonds is 11. The van der Waals surface area contributed by atoms with Crippen molar-refractivity contribution in [3.8, 4) is 0 Å². The first-order valence-corrected chi connectivity index (χ1v) is 11.5. The topological polar surface area (TPSA) is 49.4 Å². The number of carbonyl (C=O) groups excluding carboxylic acids is 2. The van der Waals surface area contributed by atoms with Crippen LogP contribution in [0.4, 0.5) is 4.39 Å². The van der Waals surface area contributed by atoms with Gasteiger partial charge in [-0.15, -0.1) is 0 Å². The highest BCUT2D eigenvalue weighted by Crippen LogP contribution is 2.18. The Morgan fingerprint density at radius 3 is 2.12 bits per heavy atom. The number of hydrogen-bond acceptors (Lipinski definition) is 2. The Morgan fingerprint density at radius 2 is 1.48 bits per heavy atom. The second-order valence-corrected chi connectivity index (χ2v) is 8.10. The third kappa shape index (κ3) is 7.28. The number of aryl methyl sites for hydroxylation is 1. The Bertz CT molecular complexity index is 1020. The van der Waals surface area contributed by atoms with Gasteiger partial charge in [0, 0.05) is 31.5 Å². The summed E-state index contributed by atoms with van der Waals surface area (Å²) in [5, 5.41) is 2.94. The summed E-state index contributed by atoms with van der Waals surface area (Å²) < 4.78 is 14.5. The normalized spacial score (nSPS) is 11.6. The number of nitrogens with zero attached hydrogens (tertiary/aromatic N) is 1. The molecule has 0 aromatic heterocycles. The van der Waals surface area contributed by atoms with Crippen LogP contribution in [0.3, 0.4) is 0 Å². The fourth-order valence-electron chi connectivity index (χ4n) is 3.77. The van der Waals surface area contributed by atoms with Gasteiger partial charge >= 0.3 is 0 Å². The molecule has 3 aromatic rings. The van der Waals surface area contributed by atoms with Crippen LogP contribution in [0.2, 0.25) is 0 Å². The summed E-state index contributed by atoms with van der Waals surface area (Å²) in [4.78, 5) is 28.2. The van der Waals surface area contributed by atoms with Crippen molar-refractivity contribution < 1.29 is 14.0 Å². The van der Waals surface area contributed by atoms with Gasteiger partial charge in [-0.25, -0.2) is 4.39 Å². The number of nitrogens with one attached hydrogen (secondary N) is 1. The largest absolute Gasteiger partial charge is 0.354 e. The molecule has 0 radical (unpaired) electrons. The molecule has 0 aliphatic carbocycles. The van der Waals surface area contributed by atoms with Crippen molar-refractivity contribution in [3.05, 3.63) is 107 Å². The standard InChI is InChI=1S/C28H31FN2O2/c1-2-19-30-28(33)26(20-23-13-7-4-8-14-23)31(21-24-15-9-10-16-25(24)29)27(32)18-17-22-11-5-3-6-12-22/h3-16,26H,2,17-21H2,1H3,(H,30,33). The maximum Gasteiger partial charge on any atom is 0.243 e. The molecule has 1 unspecified atom stereocenters. The van der Waals surface area contributed by atoms with Gasteiger partial charge < -0.3 is 10.2 Å². The molecule has 33 heavy (non-hydrogen) atoms. The van der Waals surface area contributed by atoms with Crippen molar-refractivity contribution >= 4 is 11.8 Å². The molecular weight excluding hydrogens is 415 g/mol. The first-order valence-electron chi connectivity index (χ1n) is 11.5. The minimum Gasteiger partial charge on any atom is -0.354 e. The molecule has 0 aliphatic heterocycles. The number of halogens is 1. The highest BCUT2D eigenvalue weighted by atomic mass is 19.1. The molecule has 1 atom stereocenters. The summed E-state index contributed by atoms with van der Waals surface area (Å²) in [6.07, 6.45) is 1.95. The maximum absolute atomic E-state index is 14.5. The highest BCUT2D eigenvalue weighted by molar-refractivity contribution is 5.88. The average molecular weight is 447 g/mol. The zero-order valence-electron chi connectivity index (χ0n) is 19.0. The van der Waals surface area contributed by atoms with E-state index in [-0.39, 0.29) is 30.6 Å². The number of hydrogen-bond donors (Lipinski definition) is 1. The second-order valence-electron chi connectivity index (χ2n) is 8.10. The predicted octanol–water partition coefficient (Wildman–Crippen LogP) is 4.92. The molecule has 4 nitrogen and oxygen atoms in total. The quantitative estimate of drug-likeness (QED) is 0.454. The Hall–Kier alpha value is -3.47. The first-order chi connectivity index (χ1) is 16.1. The lowest BCUT2D eigenvalue weighted by Crippen LogP contribution is -2.50. The van der Waals surface area contributed by atoms with Gasteiger partial charge in [-0.3, -0.25) is 9.59 Å². The SMILES string of the molecule is CCCNC(=O)C(Cc1ccccc1)N(Cc1ccccc1F)C(=O)CCc1ccccc1. The molecule has 2 amide bonds. The van der Waals surface area contributed by atoms with Crippen LogP contribution in [0.25, 0.3) is 0 Å². The van der Waals surface area contributed by atoms with Crippen molar-refractivity contribution in [2.24, 2.45) is 0 Å². The Balaban J connectivity index is 1.89. The zero-order valence-corrected chi connectivity index (χ0v) is 19.0. The van der Waals surface area contributed by atoms with Gasteiger partial charge in [0.15, 0.2) is 0 Å². The van der Waals surface area contributed by atoms with Gasteiger partial charge in [-0.1, -0.05) is 85.8 Å². The fraction of sp³-hybridized carbons (Fsp3) is 0.286. The minimum atomic E-state index is -0.734. The molecule has 3 rings (SSSR count). The van der Waals surface area contributed by atoms with Crippen LogP contribution in [0.5, 0.6) is 0 Å². The van der Waals surface area contributed by atoms with E-state index in [1.807, 2.05) is 67.6 Å². The van der Waals surface area contributed by atoms with Crippen molar-refractivity contribution in [2.45, 2.75) is 45.2 Å². The van der Waals surface area contributed by atoms with Crippen molar-refractivity contribution in [3.63, 3.8) is 0 Å².